The molecule has 15 heavy (non-hydrogen) atoms. The number of carboxylic acid groups (broad SMARTS) is 2. The van der Waals surface area contributed by atoms with Crippen molar-refractivity contribution in [2.45, 2.75) is 25.7 Å². The highest BCUT2D eigenvalue weighted by Gasteiger charge is 2.74. The van der Waals surface area contributed by atoms with Gasteiger partial charge in [-0.3, -0.25) is 9.59 Å². The van der Waals surface area contributed by atoms with E-state index in [1.54, 1.807) is 0 Å². The first-order chi connectivity index (χ1) is 7.11. The molecule has 2 aliphatic carbocycles. The summed E-state index contributed by atoms with van der Waals surface area (Å²) >= 11 is 0. The first-order valence-corrected chi connectivity index (χ1v) is 5.23. The average Bonchev–Trinajstić information content (AvgIpc) is 2.72. The highest BCUT2D eigenvalue weighted by atomic mass is 16.4. The molecule has 0 amide bonds. The molecule has 4 heteroatoms. The Kier molecular flexibility index (Phi) is 2.29. The second-order valence-corrected chi connectivity index (χ2v) is 4.32. The summed E-state index contributed by atoms with van der Waals surface area (Å²) in [6.07, 6.45) is 6.98. The van der Waals surface area contributed by atoms with E-state index in [9.17, 15) is 9.59 Å². The van der Waals surface area contributed by atoms with Crippen LogP contribution in [-0.4, -0.2) is 22.2 Å². The lowest BCUT2D eigenvalue weighted by molar-refractivity contribution is -0.158. The SMILES string of the molecule is O=C(O)C1(C(=O)O)C2CC/C=C\CCC21. The van der Waals surface area contributed by atoms with Gasteiger partial charge >= 0.3 is 11.9 Å². The van der Waals surface area contributed by atoms with Gasteiger partial charge in [0, 0.05) is 0 Å². The van der Waals surface area contributed by atoms with Crippen molar-refractivity contribution >= 4 is 11.9 Å². The van der Waals surface area contributed by atoms with Gasteiger partial charge in [0.05, 0.1) is 0 Å². The molecule has 0 aromatic heterocycles. The van der Waals surface area contributed by atoms with E-state index >= 15 is 0 Å². The van der Waals surface area contributed by atoms with Gasteiger partial charge in [0.1, 0.15) is 0 Å². The molecule has 0 aliphatic heterocycles. The van der Waals surface area contributed by atoms with Gasteiger partial charge in [0.15, 0.2) is 5.41 Å². The van der Waals surface area contributed by atoms with E-state index in [1.165, 1.54) is 0 Å². The standard InChI is InChI=1S/C11H14O4/c12-9(13)11(10(14)15)7-5-3-1-2-4-6-8(7)11/h1-2,7-8H,3-6H2,(H,12,13)(H,14,15)/b2-1-. The maximum absolute atomic E-state index is 11.1. The fourth-order valence-electron chi connectivity index (χ4n) is 2.91. The van der Waals surface area contributed by atoms with Crippen LogP contribution in [-0.2, 0) is 9.59 Å². The van der Waals surface area contributed by atoms with Crippen molar-refractivity contribution in [1.29, 1.82) is 0 Å². The van der Waals surface area contributed by atoms with Crippen molar-refractivity contribution in [2.24, 2.45) is 17.3 Å². The largest absolute Gasteiger partial charge is 0.480 e. The molecule has 0 spiro atoms. The van der Waals surface area contributed by atoms with Crippen molar-refractivity contribution in [3.63, 3.8) is 0 Å². The van der Waals surface area contributed by atoms with Crippen LogP contribution in [0.15, 0.2) is 12.2 Å². The summed E-state index contributed by atoms with van der Waals surface area (Å²) in [6, 6.07) is 0. The summed E-state index contributed by atoms with van der Waals surface area (Å²) in [5.41, 5.74) is -1.48. The van der Waals surface area contributed by atoms with Crippen LogP contribution in [0, 0.1) is 17.3 Å². The number of carboxylic acids is 2. The maximum atomic E-state index is 11.1. The first kappa shape index (κ1) is 10.2. The minimum Gasteiger partial charge on any atom is -0.480 e. The van der Waals surface area contributed by atoms with Crippen LogP contribution in [0.25, 0.3) is 0 Å². The third-order valence-corrected chi connectivity index (χ3v) is 3.71. The van der Waals surface area contributed by atoms with Gasteiger partial charge in [-0.05, 0) is 37.5 Å². The maximum Gasteiger partial charge on any atom is 0.321 e. The van der Waals surface area contributed by atoms with Gasteiger partial charge in [0.25, 0.3) is 0 Å². The lowest BCUT2D eigenvalue weighted by Gasteiger charge is -2.05. The number of carbonyl (C=O) groups is 2. The third-order valence-electron chi connectivity index (χ3n) is 3.71. The second kappa shape index (κ2) is 3.36. The van der Waals surface area contributed by atoms with Crippen molar-refractivity contribution < 1.29 is 19.8 Å². The molecule has 0 bridgehead atoms. The minimum atomic E-state index is -1.48. The van der Waals surface area contributed by atoms with Crippen LogP contribution in [0.3, 0.4) is 0 Å². The highest BCUT2D eigenvalue weighted by molar-refractivity contribution is 6.02. The lowest BCUT2D eigenvalue weighted by atomic mass is 10.0. The van der Waals surface area contributed by atoms with Crippen LogP contribution in [0.2, 0.25) is 0 Å². The predicted octanol–water partition coefficient (Wildman–Crippen LogP) is 1.52. The fraction of sp³-hybridized carbons (Fsp3) is 0.636. The summed E-state index contributed by atoms with van der Waals surface area (Å²) in [6.45, 7) is 0. The normalized spacial score (nSPS) is 34.4. The highest BCUT2D eigenvalue weighted by Crippen LogP contribution is 2.63. The molecule has 0 aromatic carbocycles. The van der Waals surface area contributed by atoms with Gasteiger partial charge in [-0.2, -0.15) is 0 Å². The molecule has 0 radical (unpaired) electrons. The zero-order valence-corrected chi connectivity index (χ0v) is 8.35. The zero-order chi connectivity index (χ0) is 11.1. The second-order valence-electron chi connectivity index (χ2n) is 4.32. The van der Waals surface area contributed by atoms with Crippen molar-refractivity contribution in [2.75, 3.05) is 0 Å². The van der Waals surface area contributed by atoms with Gasteiger partial charge in [-0.15, -0.1) is 0 Å². The molecular weight excluding hydrogens is 196 g/mol. The van der Waals surface area contributed by atoms with E-state index in [1.807, 2.05) is 12.2 Å². The van der Waals surface area contributed by atoms with Crippen LogP contribution in [0.1, 0.15) is 25.7 Å². The van der Waals surface area contributed by atoms with E-state index in [2.05, 4.69) is 0 Å². The number of fused-ring (bicyclic) bond motifs is 1. The Morgan fingerprint density at radius 1 is 1.00 bits per heavy atom. The van der Waals surface area contributed by atoms with Crippen LogP contribution < -0.4 is 0 Å². The Morgan fingerprint density at radius 2 is 1.40 bits per heavy atom. The molecule has 2 N–H and O–H groups in total. The molecule has 2 atom stereocenters. The Labute approximate surface area is 87.6 Å². The molecular formula is C11H14O4. The van der Waals surface area contributed by atoms with E-state index in [-0.39, 0.29) is 11.8 Å². The number of rotatable bonds is 2. The van der Waals surface area contributed by atoms with Crippen molar-refractivity contribution in [3.8, 4) is 0 Å². The number of hydrogen-bond donors (Lipinski definition) is 2. The molecule has 2 rings (SSSR count). The fourth-order valence-corrected chi connectivity index (χ4v) is 2.91. The van der Waals surface area contributed by atoms with Crippen molar-refractivity contribution in [1.82, 2.24) is 0 Å². The molecule has 1 saturated carbocycles. The minimum absolute atomic E-state index is 0.169. The molecule has 0 aromatic rings. The van der Waals surface area contributed by atoms with Gasteiger partial charge < -0.3 is 10.2 Å². The smallest absolute Gasteiger partial charge is 0.321 e. The number of allylic oxidation sites excluding steroid dienone is 2. The predicted molar refractivity (Wildman–Crippen MR) is 52.3 cm³/mol. The van der Waals surface area contributed by atoms with Gasteiger partial charge in [-0.25, -0.2) is 0 Å². The molecule has 82 valence electrons. The summed E-state index contributed by atoms with van der Waals surface area (Å²) in [5, 5.41) is 18.2. The average molecular weight is 210 g/mol. The quantitative estimate of drug-likeness (QED) is 0.535. The summed E-state index contributed by atoms with van der Waals surface area (Å²) in [7, 11) is 0. The lowest BCUT2D eigenvalue weighted by Crippen LogP contribution is -2.29. The van der Waals surface area contributed by atoms with Gasteiger partial charge in [0.2, 0.25) is 0 Å². The Hall–Kier alpha value is -1.32. The monoisotopic (exact) mass is 210 g/mol. The van der Waals surface area contributed by atoms with Crippen LogP contribution in [0.4, 0.5) is 0 Å². The Balaban J connectivity index is 2.24. The zero-order valence-electron chi connectivity index (χ0n) is 8.35. The molecule has 0 heterocycles. The topological polar surface area (TPSA) is 74.6 Å². The molecule has 0 saturated heterocycles. The van der Waals surface area contributed by atoms with Crippen molar-refractivity contribution in [3.05, 3.63) is 12.2 Å². The molecule has 2 unspecified atom stereocenters. The van der Waals surface area contributed by atoms with E-state index in [0.717, 1.165) is 12.8 Å². The number of aliphatic carboxylic acids is 2. The number of hydrogen-bond acceptors (Lipinski definition) is 2. The molecule has 4 nitrogen and oxygen atoms in total. The Morgan fingerprint density at radius 3 is 1.73 bits per heavy atom. The van der Waals surface area contributed by atoms with E-state index in [4.69, 9.17) is 10.2 Å². The summed E-state index contributed by atoms with van der Waals surface area (Å²) < 4.78 is 0. The first-order valence-electron chi connectivity index (χ1n) is 5.23. The van der Waals surface area contributed by atoms with Gasteiger partial charge in [-0.1, -0.05) is 12.2 Å². The van der Waals surface area contributed by atoms with E-state index < -0.39 is 17.4 Å². The van der Waals surface area contributed by atoms with Crippen LogP contribution >= 0.6 is 0 Å². The van der Waals surface area contributed by atoms with E-state index in [0.29, 0.717) is 12.8 Å². The summed E-state index contributed by atoms with van der Waals surface area (Å²) in [4.78, 5) is 22.2. The molecule has 2 aliphatic rings. The third kappa shape index (κ3) is 1.28. The summed E-state index contributed by atoms with van der Waals surface area (Å²) in [5.74, 6) is -2.66. The molecule has 1 fully saturated rings. The Bertz CT molecular complexity index is 299. The van der Waals surface area contributed by atoms with Crippen LogP contribution in [0.5, 0.6) is 0 Å².